The van der Waals surface area contributed by atoms with Crippen molar-refractivity contribution < 1.29 is 4.74 Å². The molecule has 2 rings (SSSR count). The molecular weight excluding hydrogens is 166 g/mol. The van der Waals surface area contributed by atoms with Crippen molar-refractivity contribution in [2.45, 2.75) is 25.5 Å². The number of nitrogens with one attached hydrogen (secondary N) is 1. The van der Waals surface area contributed by atoms with Crippen LogP contribution < -0.4 is 5.32 Å². The van der Waals surface area contributed by atoms with Crippen molar-refractivity contribution in [3.63, 3.8) is 0 Å². The highest BCUT2D eigenvalue weighted by Gasteiger charge is 2.24. The smallest absolute Gasteiger partial charge is 0.222 e. The van der Waals surface area contributed by atoms with Crippen LogP contribution in [0.25, 0.3) is 0 Å². The van der Waals surface area contributed by atoms with Gasteiger partial charge in [-0.05, 0) is 19.4 Å². The van der Waals surface area contributed by atoms with E-state index in [2.05, 4.69) is 22.2 Å². The molecule has 0 spiro atoms. The fourth-order valence-electron chi connectivity index (χ4n) is 1.46. The van der Waals surface area contributed by atoms with Crippen LogP contribution in [-0.2, 0) is 4.74 Å². The first kappa shape index (κ1) is 8.44. The van der Waals surface area contributed by atoms with Gasteiger partial charge >= 0.3 is 0 Å². The van der Waals surface area contributed by atoms with Crippen LogP contribution >= 0.6 is 0 Å². The van der Waals surface area contributed by atoms with Gasteiger partial charge in [0, 0.05) is 19.0 Å². The maximum Gasteiger partial charge on any atom is 0.222 e. The van der Waals surface area contributed by atoms with Crippen molar-refractivity contribution in [1.82, 2.24) is 9.97 Å². The summed E-state index contributed by atoms with van der Waals surface area (Å²) in [6.07, 6.45) is 4.74. The molecule has 4 heteroatoms. The molecule has 1 saturated heterocycles. The third-order valence-electron chi connectivity index (χ3n) is 2.26. The zero-order chi connectivity index (χ0) is 9.10. The van der Waals surface area contributed by atoms with Crippen molar-refractivity contribution in [2.24, 2.45) is 0 Å². The Kier molecular flexibility index (Phi) is 2.40. The number of rotatable bonds is 2. The number of hydrogen-bond donors (Lipinski definition) is 1. The van der Waals surface area contributed by atoms with E-state index in [4.69, 9.17) is 4.74 Å². The second-order valence-corrected chi connectivity index (χ2v) is 3.19. The minimum atomic E-state index is 0.254. The van der Waals surface area contributed by atoms with E-state index >= 15 is 0 Å². The molecule has 0 radical (unpaired) electrons. The molecule has 0 bridgehead atoms. The van der Waals surface area contributed by atoms with Crippen LogP contribution in [0.3, 0.4) is 0 Å². The average Bonchev–Trinajstić information content (AvgIpc) is 2.54. The SMILES string of the molecule is CC1OCCC1Nc1ncccn1. The molecule has 13 heavy (non-hydrogen) atoms. The van der Waals surface area contributed by atoms with Crippen molar-refractivity contribution in [3.05, 3.63) is 18.5 Å². The van der Waals surface area contributed by atoms with Gasteiger partial charge in [-0.2, -0.15) is 0 Å². The molecule has 1 aromatic heterocycles. The number of aromatic nitrogens is 2. The monoisotopic (exact) mass is 179 g/mol. The lowest BCUT2D eigenvalue weighted by molar-refractivity contribution is 0.121. The Morgan fingerprint density at radius 2 is 2.23 bits per heavy atom. The molecule has 1 aromatic rings. The Labute approximate surface area is 77.4 Å². The number of nitrogens with zero attached hydrogens (tertiary/aromatic N) is 2. The molecule has 70 valence electrons. The molecule has 0 aliphatic carbocycles. The van der Waals surface area contributed by atoms with Gasteiger partial charge in [0.25, 0.3) is 0 Å². The van der Waals surface area contributed by atoms with Crippen LogP contribution in [0.15, 0.2) is 18.5 Å². The lowest BCUT2D eigenvalue weighted by Gasteiger charge is -2.15. The van der Waals surface area contributed by atoms with Gasteiger partial charge in [-0.1, -0.05) is 0 Å². The van der Waals surface area contributed by atoms with Gasteiger partial charge in [0.2, 0.25) is 5.95 Å². The Morgan fingerprint density at radius 3 is 2.85 bits per heavy atom. The summed E-state index contributed by atoms with van der Waals surface area (Å²) >= 11 is 0. The molecular formula is C9H13N3O. The quantitative estimate of drug-likeness (QED) is 0.737. The van der Waals surface area contributed by atoms with Crippen LogP contribution in [0.4, 0.5) is 5.95 Å². The Morgan fingerprint density at radius 1 is 1.46 bits per heavy atom. The average molecular weight is 179 g/mol. The molecule has 4 nitrogen and oxygen atoms in total. The fourth-order valence-corrected chi connectivity index (χ4v) is 1.46. The Bertz CT molecular complexity index is 265. The van der Waals surface area contributed by atoms with Gasteiger partial charge in [-0.15, -0.1) is 0 Å². The molecule has 2 unspecified atom stereocenters. The Hall–Kier alpha value is -1.16. The molecule has 0 saturated carbocycles. The van der Waals surface area contributed by atoms with Gasteiger partial charge < -0.3 is 10.1 Å². The molecule has 0 amide bonds. The highest BCUT2D eigenvalue weighted by atomic mass is 16.5. The molecule has 1 aliphatic heterocycles. The molecule has 1 fully saturated rings. The standard InChI is InChI=1S/C9H13N3O/c1-7-8(3-6-13-7)12-9-10-4-2-5-11-9/h2,4-5,7-8H,3,6H2,1H3,(H,10,11,12). The number of ether oxygens (including phenoxy) is 1. The zero-order valence-corrected chi connectivity index (χ0v) is 7.60. The summed E-state index contributed by atoms with van der Waals surface area (Å²) in [6.45, 7) is 2.89. The normalized spacial score (nSPS) is 27.5. The fraction of sp³-hybridized carbons (Fsp3) is 0.556. The lowest BCUT2D eigenvalue weighted by atomic mass is 10.2. The maximum atomic E-state index is 5.42. The molecule has 0 aromatic carbocycles. The topological polar surface area (TPSA) is 47.0 Å². The first-order valence-corrected chi connectivity index (χ1v) is 4.51. The summed E-state index contributed by atoms with van der Waals surface area (Å²) in [7, 11) is 0. The van der Waals surface area contributed by atoms with Crippen molar-refractivity contribution in [2.75, 3.05) is 11.9 Å². The van der Waals surface area contributed by atoms with Gasteiger partial charge in [-0.3, -0.25) is 0 Å². The maximum absolute atomic E-state index is 5.42. The second-order valence-electron chi connectivity index (χ2n) is 3.19. The van der Waals surface area contributed by atoms with Crippen molar-refractivity contribution >= 4 is 5.95 Å². The summed E-state index contributed by atoms with van der Waals surface area (Å²) in [5, 5.41) is 3.24. The van der Waals surface area contributed by atoms with Crippen molar-refractivity contribution in [1.29, 1.82) is 0 Å². The third-order valence-corrected chi connectivity index (χ3v) is 2.26. The van der Waals surface area contributed by atoms with Crippen LogP contribution in [0.1, 0.15) is 13.3 Å². The first-order chi connectivity index (χ1) is 6.36. The summed E-state index contributed by atoms with van der Waals surface area (Å²) in [5.41, 5.74) is 0. The highest BCUT2D eigenvalue weighted by Crippen LogP contribution is 2.15. The van der Waals surface area contributed by atoms with Crippen LogP contribution in [0.2, 0.25) is 0 Å². The molecule has 2 heterocycles. The van der Waals surface area contributed by atoms with E-state index in [1.165, 1.54) is 0 Å². The van der Waals surface area contributed by atoms with Crippen molar-refractivity contribution in [3.8, 4) is 0 Å². The van der Waals surface area contributed by atoms with E-state index in [9.17, 15) is 0 Å². The van der Waals surface area contributed by atoms with Gasteiger partial charge in [0.05, 0.1) is 12.1 Å². The van der Waals surface area contributed by atoms with E-state index in [0.717, 1.165) is 13.0 Å². The van der Waals surface area contributed by atoms with Gasteiger partial charge in [0.15, 0.2) is 0 Å². The van der Waals surface area contributed by atoms with Gasteiger partial charge in [-0.25, -0.2) is 9.97 Å². The first-order valence-electron chi connectivity index (χ1n) is 4.51. The third kappa shape index (κ3) is 1.95. The van der Waals surface area contributed by atoms with E-state index in [-0.39, 0.29) is 6.10 Å². The summed E-state index contributed by atoms with van der Waals surface area (Å²) < 4.78 is 5.42. The van der Waals surface area contributed by atoms with E-state index in [1.54, 1.807) is 18.5 Å². The summed E-state index contributed by atoms with van der Waals surface area (Å²) in [4.78, 5) is 8.20. The zero-order valence-electron chi connectivity index (χ0n) is 7.60. The molecule has 1 aliphatic rings. The van der Waals surface area contributed by atoms with E-state index in [1.807, 2.05) is 0 Å². The van der Waals surface area contributed by atoms with Crippen LogP contribution in [0, 0.1) is 0 Å². The predicted octanol–water partition coefficient (Wildman–Crippen LogP) is 1.07. The number of anilines is 1. The highest BCUT2D eigenvalue weighted by molar-refractivity contribution is 5.25. The van der Waals surface area contributed by atoms with E-state index < -0.39 is 0 Å². The minimum absolute atomic E-state index is 0.254. The summed E-state index contributed by atoms with van der Waals surface area (Å²) in [6, 6.07) is 2.15. The molecule has 1 N–H and O–H groups in total. The molecule has 2 atom stereocenters. The second kappa shape index (κ2) is 3.70. The largest absolute Gasteiger partial charge is 0.376 e. The Balaban J connectivity index is 1.98. The number of hydrogen-bond acceptors (Lipinski definition) is 4. The summed E-state index contributed by atoms with van der Waals surface area (Å²) in [5.74, 6) is 0.685. The van der Waals surface area contributed by atoms with Gasteiger partial charge in [0.1, 0.15) is 0 Å². The van der Waals surface area contributed by atoms with Crippen LogP contribution in [0.5, 0.6) is 0 Å². The predicted molar refractivity (Wildman–Crippen MR) is 49.5 cm³/mol. The van der Waals surface area contributed by atoms with E-state index in [0.29, 0.717) is 12.0 Å². The van der Waals surface area contributed by atoms with Crippen LogP contribution in [-0.4, -0.2) is 28.7 Å². The minimum Gasteiger partial charge on any atom is -0.376 e. The lowest BCUT2D eigenvalue weighted by Crippen LogP contribution is -2.27.